The van der Waals surface area contributed by atoms with Crippen LogP contribution in [0.15, 0.2) is 47.2 Å². The number of rotatable bonds is 3. The lowest BCUT2D eigenvalue weighted by Gasteiger charge is -2.15. The summed E-state index contributed by atoms with van der Waals surface area (Å²) in [7, 11) is 0. The predicted molar refractivity (Wildman–Crippen MR) is 77.4 cm³/mol. The number of nitrogens with one attached hydrogen (secondary N) is 1. The maximum Gasteiger partial charge on any atom is 0.264 e. The summed E-state index contributed by atoms with van der Waals surface area (Å²) >= 11 is 3.35. The molecule has 1 aromatic carbocycles. The Balaban J connectivity index is 1.75. The minimum absolute atomic E-state index is 0.133. The summed E-state index contributed by atoms with van der Waals surface area (Å²) in [5.74, 6) is -0.611. The first-order valence-electron chi connectivity index (χ1n) is 5.96. The van der Waals surface area contributed by atoms with Crippen molar-refractivity contribution >= 4 is 33.4 Å². The van der Waals surface area contributed by atoms with Crippen molar-refractivity contribution in [3.63, 3.8) is 0 Å². The van der Waals surface area contributed by atoms with E-state index >= 15 is 0 Å². The Morgan fingerprint density at radius 2 is 1.75 bits per heavy atom. The maximum absolute atomic E-state index is 12.1. The molecule has 2 heterocycles. The number of halogens is 1. The lowest BCUT2D eigenvalue weighted by molar-refractivity contribution is 0.0666. The smallest absolute Gasteiger partial charge is 0.264 e. The van der Waals surface area contributed by atoms with E-state index in [0.717, 1.165) is 10.2 Å². The molecule has 0 radical (unpaired) electrons. The number of carbonyl (C=O) groups is 2. The molecule has 5 nitrogen and oxygen atoms in total. The van der Waals surface area contributed by atoms with E-state index in [1.807, 2.05) is 24.3 Å². The Hall–Kier alpha value is -2.21. The van der Waals surface area contributed by atoms with Gasteiger partial charge in [0.25, 0.3) is 11.8 Å². The zero-order chi connectivity index (χ0) is 14.1. The number of anilines is 1. The third kappa shape index (κ3) is 2.18. The number of amides is 2. The zero-order valence-corrected chi connectivity index (χ0v) is 11.9. The van der Waals surface area contributed by atoms with Crippen molar-refractivity contribution in [3.8, 4) is 0 Å². The van der Waals surface area contributed by atoms with Crippen molar-refractivity contribution in [3.05, 3.63) is 58.3 Å². The Bertz CT molecular complexity index is 650. The summed E-state index contributed by atoms with van der Waals surface area (Å²) in [6.07, 6.45) is 2.94. The highest BCUT2D eigenvalue weighted by Crippen LogP contribution is 2.21. The summed E-state index contributed by atoms with van der Waals surface area (Å²) in [5, 5.41) is 3.05. The summed E-state index contributed by atoms with van der Waals surface area (Å²) < 4.78 is 0.967. The van der Waals surface area contributed by atoms with Gasteiger partial charge in [-0.1, -0.05) is 15.9 Å². The molecule has 0 spiro atoms. The van der Waals surface area contributed by atoms with E-state index in [-0.39, 0.29) is 18.5 Å². The second-order valence-electron chi connectivity index (χ2n) is 4.30. The number of imide groups is 1. The van der Waals surface area contributed by atoms with Crippen LogP contribution < -0.4 is 5.32 Å². The SMILES string of the molecule is O=C1c2ccncc2C(=O)N1CNc1ccc(Br)cc1. The maximum atomic E-state index is 12.1. The van der Waals surface area contributed by atoms with Crippen LogP contribution in [-0.4, -0.2) is 28.4 Å². The largest absolute Gasteiger partial charge is 0.367 e. The van der Waals surface area contributed by atoms with Gasteiger partial charge in [0.1, 0.15) is 0 Å². The molecule has 2 aromatic rings. The van der Waals surface area contributed by atoms with Gasteiger partial charge in [0, 0.05) is 22.6 Å². The molecule has 6 heteroatoms. The molecular formula is C14H10BrN3O2. The van der Waals surface area contributed by atoms with Crippen molar-refractivity contribution in [1.29, 1.82) is 0 Å². The average molecular weight is 332 g/mol. The molecule has 3 rings (SSSR count). The highest BCUT2D eigenvalue weighted by Gasteiger charge is 2.35. The zero-order valence-electron chi connectivity index (χ0n) is 10.3. The molecule has 0 saturated heterocycles. The van der Waals surface area contributed by atoms with Gasteiger partial charge in [0.15, 0.2) is 0 Å². The van der Waals surface area contributed by atoms with Crippen molar-refractivity contribution in [1.82, 2.24) is 9.88 Å². The number of benzene rings is 1. The average Bonchev–Trinajstić information content (AvgIpc) is 2.71. The topological polar surface area (TPSA) is 62.3 Å². The molecule has 0 bridgehead atoms. The molecular weight excluding hydrogens is 322 g/mol. The van der Waals surface area contributed by atoms with Gasteiger partial charge in [0.2, 0.25) is 0 Å². The van der Waals surface area contributed by atoms with E-state index < -0.39 is 0 Å². The van der Waals surface area contributed by atoms with Crippen LogP contribution in [0.25, 0.3) is 0 Å². The summed E-state index contributed by atoms with van der Waals surface area (Å²) in [6, 6.07) is 9.06. The van der Waals surface area contributed by atoms with Crippen LogP contribution in [0.3, 0.4) is 0 Å². The normalized spacial score (nSPS) is 13.6. The fourth-order valence-electron chi connectivity index (χ4n) is 2.02. The van der Waals surface area contributed by atoms with Crippen LogP contribution in [0.4, 0.5) is 5.69 Å². The molecule has 100 valence electrons. The van der Waals surface area contributed by atoms with E-state index in [2.05, 4.69) is 26.2 Å². The number of carbonyl (C=O) groups excluding carboxylic acids is 2. The Labute approximate surface area is 123 Å². The number of fused-ring (bicyclic) bond motifs is 1. The monoisotopic (exact) mass is 331 g/mol. The molecule has 2 amide bonds. The highest BCUT2D eigenvalue weighted by atomic mass is 79.9. The van der Waals surface area contributed by atoms with Gasteiger partial charge < -0.3 is 5.32 Å². The van der Waals surface area contributed by atoms with Gasteiger partial charge >= 0.3 is 0 Å². The van der Waals surface area contributed by atoms with Crippen LogP contribution in [0.2, 0.25) is 0 Å². The first-order chi connectivity index (χ1) is 9.66. The van der Waals surface area contributed by atoms with Gasteiger partial charge in [-0.05, 0) is 30.3 Å². The summed E-state index contributed by atoms with van der Waals surface area (Å²) in [4.78, 5) is 29.3. The standard InChI is InChI=1S/C14H10BrN3O2/c15-9-1-3-10(4-2-9)17-8-18-13(19)11-5-6-16-7-12(11)14(18)20/h1-7,17H,8H2. The Morgan fingerprint density at radius 1 is 1.05 bits per heavy atom. The van der Waals surface area contributed by atoms with Crippen molar-refractivity contribution in [2.45, 2.75) is 0 Å². The molecule has 1 aromatic heterocycles. The van der Waals surface area contributed by atoms with Gasteiger partial charge in [-0.15, -0.1) is 0 Å². The van der Waals surface area contributed by atoms with E-state index in [1.165, 1.54) is 17.3 Å². The van der Waals surface area contributed by atoms with Crippen molar-refractivity contribution in [2.24, 2.45) is 0 Å². The molecule has 0 fully saturated rings. The molecule has 0 unspecified atom stereocenters. The molecule has 0 atom stereocenters. The first kappa shape index (κ1) is 12.8. The molecule has 0 saturated carbocycles. The van der Waals surface area contributed by atoms with E-state index in [0.29, 0.717) is 11.1 Å². The van der Waals surface area contributed by atoms with Gasteiger partial charge in [-0.25, -0.2) is 0 Å². The van der Waals surface area contributed by atoms with E-state index in [1.54, 1.807) is 6.07 Å². The number of aromatic nitrogens is 1. The molecule has 1 N–H and O–H groups in total. The quantitative estimate of drug-likeness (QED) is 0.878. The first-order valence-corrected chi connectivity index (χ1v) is 6.76. The molecule has 20 heavy (non-hydrogen) atoms. The molecule has 1 aliphatic heterocycles. The molecule has 1 aliphatic rings. The number of hydrogen-bond acceptors (Lipinski definition) is 4. The van der Waals surface area contributed by atoms with Crippen LogP contribution in [0, 0.1) is 0 Å². The van der Waals surface area contributed by atoms with Gasteiger partial charge in [0.05, 0.1) is 17.8 Å². The number of hydrogen-bond donors (Lipinski definition) is 1. The Kier molecular flexibility index (Phi) is 3.23. The predicted octanol–water partition coefficient (Wildman–Crippen LogP) is 2.51. The van der Waals surface area contributed by atoms with Gasteiger partial charge in [-0.2, -0.15) is 0 Å². The third-order valence-corrected chi connectivity index (χ3v) is 3.59. The lowest BCUT2D eigenvalue weighted by Crippen LogP contribution is -2.34. The van der Waals surface area contributed by atoms with Crippen molar-refractivity contribution in [2.75, 3.05) is 12.0 Å². The van der Waals surface area contributed by atoms with E-state index in [9.17, 15) is 9.59 Å². The minimum atomic E-state index is -0.317. The third-order valence-electron chi connectivity index (χ3n) is 3.06. The van der Waals surface area contributed by atoms with Gasteiger partial charge in [-0.3, -0.25) is 19.5 Å². The van der Waals surface area contributed by atoms with Crippen LogP contribution in [-0.2, 0) is 0 Å². The second-order valence-corrected chi connectivity index (χ2v) is 5.22. The number of nitrogens with zero attached hydrogens (tertiary/aromatic N) is 2. The van der Waals surface area contributed by atoms with Crippen molar-refractivity contribution < 1.29 is 9.59 Å². The Morgan fingerprint density at radius 3 is 2.45 bits per heavy atom. The van der Waals surface area contributed by atoms with E-state index in [4.69, 9.17) is 0 Å². The lowest BCUT2D eigenvalue weighted by atomic mass is 10.2. The van der Waals surface area contributed by atoms with Crippen LogP contribution in [0.5, 0.6) is 0 Å². The summed E-state index contributed by atoms with van der Waals surface area (Å²) in [6.45, 7) is 0.133. The van der Waals surface area contributed by atoms with Crippen LogP contribution in [0.1, 0.15) is 20.7 Å². The van der Waals surface area contributed by atoms with Crippen LogP contribution >= 0.6 is 15.9 Å². The number of pyridine rings is 1. The fraction of sp³-hybridized carbons (Fsp3) is 0.0714. The summed E-state index contributed by atoms with van der Waals surface area (Å²) in [5.41, 5.74) is 1.60. The minimum Gasteiger partial charge on any atom is -0.367 e. The highest BCUT2D eigenvalue weighted by molar-refractivity contribution is 9.10. The second kappa shape index (κ2) is 5.05. The fourth-order valence-corrected chi connectivity index (χ4v) is 2.28. The molecule has 0 aliphatic carbocycles.